The molecule has 1 aromatic rings. The number of carbonyl (C=O) groups excluding carboxylic acids is 1. The van der Waals surface area contributed by atoms with E-state index in [0.717, 1.165) is 18.6 Å². The van der Waals surface area contributed by atoms with Crippen LogP contribution in [-0.4, -0.2) is 43.2 Å². The summed E-state index contributed by atoms with van der Waals surface area (Å²) in [6.45, 7) is 2.67. The van der Waals surface area contributed by atoms with Gasteiger partial charge in [-0.3, -0.25) is 4.79 Å². The average Bonchev–Trinajstić information content (AvgIpc) is 2.44. The van der Waals surface area contributed by atoms with Crippen molar-refractivity contribution in [3.05, 3.63) is 29.3 Å². The summed E-state index contributed by atoms with van der Waals surface area (Å²) in [4.78, 5) is 13.2. The number of aryl methyl sites for hydroxylation is 1. The van der Waals surface area contributed by atoms with Crippen molar-refractivity contribution < 1.29 is 14.6 Å². The summed E-state index contributed by atoms with van der Waals surface area (Å²) in [5.41, 5.74) is 2.38. The second kappa shape index (κ2) is 7.79. The Morgan fingerprint density at radius 1 is 1.42 bits per heavy atom. The van der Waals surface area contributed by atoms with Crippen molar-refractivity contribution in [1.82, 2.24) is 4.90 Å². The van der Waals surface area contributed by atoms with Crippen LogP contribution in [0.1, 0.15) is 24.5 Å². The number of nitrogens with zero attached hydrogens (tertiary/aromatic N) is 1. The zero-order chi connectivity index (χ0) is 14.3. The first-order chi connectivity index (χ1) is 9.12. The molecule has 19 heavy (non-hydrogen) atoms. The number of amides is 1. The van der Waals surface area contributed by atoms with Crippen LogP contribution < -0.4 is 4.74 Å². The highest BCUT2D eigenvalue weighted by atomic mass is 16.5. The molecule has 0 radical (unpaired) electrons. The molecule has 0 unspecified atom stereocenters. The Kier molecular flexibility index (Phi) is 6.36. The number of benzene rings is 1. The lowest BCUT2D eigenvalue weighted by atomic mass is 10.1. The highest BCUT2D eigenvalue weighted by Gasteiger charge is 2.08. The van der Waals surface area contributed by atoms with E-state index < -0.39 is 0 Å². The summed E-state index contributed by atoms with van der Waals surface area (Å²) in [5, 5.41) is 8.74. The summed E-state index contributed by atoms with van der Waals surface area (Å²) in [6, 6.07) is 6.13. The number of hydrogen-bond donors (Lipinski definition) is 1. The van der Waals surface area contributed by atoms with Gasteiger partial charge in [-0.1, -0.05) is 19.1 Å². The number of methoxy groups -OCH3 is 1. The lowest BCUT2D eigenvalue weighted by molar-refractivity contribution is -0.130. The molecule has 1 amide bonds. The van der Waals surface area contributed by atoms with Crippen molar-refractivity contribution in [1.29, 1.82) is 0 Å². The Bertz CT molecular complexity index is 418. The molecule has 0 atom stereocenters. The van der Waals surface area contributed by atoms with Gasteiger partial charge in [0.05, 0.1) is 13.7 Å². The van der Waals surface area contributed by atoms with Crippen molar-refractivity contribution in [3.63, 3.8) is 0 Å². The second-order valence-electron chi connectivity index (χ2n) is 4.54. The second-order valence-corrected chi connectivity index (χ2v) is 4.54. The van der Waals surface area contributed by atoms with E-state index in [0.29, 0.717) is 6.54 Å². The van der Waals surface area contributed by atoms with E-state index >= 15 is 0 Å². The first-order valence-corrected chi connectivity index (χ1v) is 6.63. The highest BCUT2D eigenvalue weighted by molar-refractivity contribution is 5.75. The molecule has 0 saturated heterocycles. The van der Waals surface area contributed by atoms with Crippen molar-refractivity contribution in [3.8, 4) is 5.75 Å². The van der Waals surface area contributed by atoms with Gasteiger partial charge in [-0.15, -0.1) is 0 Å². The van der Waals surface area contributed by atoms with Crippen LogP contribution in [-0.2, 0) is 17.6 Å². The predicted octanol–water partition coefficient (Wildman–Crippen LogP) is 1.64. The lowest BCUT2D eigenvalue weighted by Gasteiger charge is -2.17. The van der Waals surface area contributed by atoms with Gasteiger partial charge in [0.2, 0.25) is 5.91 Å². The molecule has 0 bridgehead atoms. The number of aliphatic hydroxyl groups is 1. The molecule has 0 aliphatic heterocycles. The van der Waals surface area contributed by atoms with Crippen LogP contribution >= 0.6 is 0 Å². The van der Waals surface area contributed by atoms with Gasteiger partial charge in [-0.25, -0.2) is 0 Å². The Hall–Kier alpha value is -1.55. The molecular weight excluding hydrogens is 242 g/mol. The van der Waals surface area contributed by atoms with E-state index in [1.807, 2.05) is 12.1 Å². The van der Waals surface area contributed by atoms with Crippen molar-refractivity contribution in [2.24, 2.45) is 0 Å². The summed E-state index contributed by atoms with van der Waals surface area (Å²) >= 11 is 0. The summed E-state index contributed by atoms with van der Waals surface area (Å²) in [5.74, 6) is 0.891. The molecule has 0 saturated carbocycles. The number of rotatable bonds is 7. The highest BCUT2D eigenvalue weighted by Crippen LogP contribution is 2.20. The van der Waals surface area contributed by atoms with Gasteiger partial charge in [0.1, 0.15) is 5.75 Å². The SMILES string of the molecule is CCc1cc(CCN(C)C(=O)CCO)ccc1OC. The first-order valence-electron chi connectivity index (χ1n) is 6.63. The summed E-state index contributed by atoms with van der Waals surface area (Å²) < 4.78 is 5.29. The van der Waals surface area contributed by atoms with E-state index in [2.05, 4.69) is 13.0 Å². The molecule has 0 aliphatic rings. The van der Waals surface area contributed by atoms with Crippen molar-refractivity contribution >= 4 is 5.91 Å². The maximum absolute atomic E-state index is 11.5. The van der Waals surface area contributed by atoms with Crippen LogP contribution in [0.2, 0.25) is 0 Å². The molecule has 4 heteroatoms. The molecule has 1 rings (SSSR count). The number of hydrogen-bond acceptors (Lipinski definition) is 3. The standard InChI is InChI=1S/C15H23NO3/c1-4-13-11-12(5-6-14(13)19-3)7-9-16(2)15(18)8-10-17/h5-6,11,17H,4,7-10H2,1-3H3. The minimum atomic E-state index is -0.0916. The van der Waals surface area contributed by atoms with Gasteiger partial charge in [-0.05, 0) is 30.0 Å². The fourth-order valence-corrected chi connectivity index (χ4v) is 1.97. The zero-order valence-electron chi connectivity index (χ0n) is 12.0. The van der Waals surface area contributed by atoms with Crippen LogP contribution in [0.25, 0.3) is 0 Å². The van der Waals surface area contributed by atoms with Gasteiger partial charge in [0.25, 0.3) is 0 Å². The number of likely N-dealkylation sites (N-methyl/N-ethyl adjacent to an activating group) is 1. The summed E-state index contributed by atoms with van der Waals surface area (Å²) in [7, 11) is 3.44. The van der Waals surface area contributed by atoms with Crippen LogP contribution in [0.3, 0.4) is 0 Å². The molecule has 0 fully saturated rings. The molecule has 1 aromatic carbocycles. The average molecular weight is 265 g/mol. The predicted molar refractivity (Wildman–Crippen MR) is 75.4 cm³/mol. The number of carbonyl (C=O) groups is 1. The van der Waals surface area contributed by atoms with E-state index in [9.17, 15) is 4.79 Å². The minimum absolute atomic E-state index is 0.0215. The number of aliphatic hydroxyl groups excluding tert-OH is 1. The monoisotopic (exact) mass is 265 g/mol. The van der Waals surface area contributed by atoms with Gasteiger partial charge < -0.3 is 14.7 Å². The van der Waals surface area contributed by atoms with E-state index in [4.69, 9.17) is 9.84 Å². The fraction of sp³-hybridized carbons (Fsp3) is 0.533. The Balaban J connectivity index is 2.60. The maximum Gasteiger partial charge on any atom is 0.224 e. The molecule has 0 heterocycles. The van der Waals surface area contributed by atoms with Gasteiger partial charge >= 0.3 is 0 Å². The quantitative estimate of drug-likeness (QED) is 0.815. The number of ether oxygens (including phenoxy) is 1. The van der Waals surface area contributed by atoms with Crippen LogP contribution in [0, 0.1) is 0 Å². The van der Waals surface area contributed by atoms with Gasteiger partial charge in [0, 0.05) is 20.0 Å². The third kappa shape index (κ3) is 4.56. The van der Waals surface area contributed by atoms with Crippen LogP contribution in [0.4, 0.5) is 0 Å². The smallest absolute Gasteiger partial charge is 0.224 e. The zero-order valence-corrected chi connectivity index (χ0v) is 12.0. The van der Waals surface area contributed by atoms with Crippen molar-refractivity contribution in [2.75, 3.05) is 27.3 Å². The fourth-order valence-electron chi connectivity index (χ4n) is 1.97. The normalized spacial score (nSPS) is 10.3. The third-order valence-corrected chi connectivity index (χ3v) is 3.21. The molecule has 1 N–H and O–H groups in total. The molecular formula is C15H23NO3. The molecule has 0 aromatic heterocycles. The molecule has 0 aliphatic carbocycles. The Morgan fingerprint density at radius 3 is 2.74 bits per heavy atom. The first kappa shape index (κ1) is 15.5. The lowest BCUT2D eigenvalue weighted by Crippen LogP contribution is -2.29. The maximum atomic E-state index is 11.5. The van der Waals surface area contributed by atoms with Crippen molar-refractivity contribution in [2.45, 2.75) is 26.2 Å². The van der Waals surface area contributed by atoms with Crippen LogP contribution in [0.15, 0.2) is 18.2 Å². The Labute approximate surface area is 115 Å². The van der Waals surface area contributed by atoms with E-state index in [1.165, 1.54) is 11.1 Å². The largest absolute Gasteiger partial charge is 0.496 e. The van der Waals surface area contributed by atoms with E-state index in [-0.39, 0.29) is 18.9 Å². The molecule has 4 nitrogen and oxygen atoms in total. The van der Waals surface area contributed by atoms with E-state index in [1.54, 1.807) is 19.1 Å². The van der Waals surface area contributed by atoms with Gasteiger partial charge in [-0.2, -0.15) is 0 Å². The molecule has 106 valence electrons. The third-order valence-electron chi connectivity index (χ3n) is 3.21. The topological polar surface area (TPSA) is 49.8 Å². The van der Waals surface area contributed by atoms with Crippen LogP contribution in [0.5, 0.6) is 5.75 Å². The summed E-state index contributed by atoms with van der Waals surface area (Å²) in [6.07, 6.45) is 1.93. The minimum Gasteiger partial charge on any atom is -0.496 e. The van der Waals surface area contributed by atoms with Gasteiger partial charge in [0.15, 0.2) is 0 Å². The molecule has 0 spiro atoms. The Morgan fingerprint density at radius 2 is 2.16 bits per heavy atom.